The lowest BCUT2D eigenvalue weighted by Gasteiger charge is -2.38. The zero-order valence-electron chi connectivity index (χ0n) is 20.8. The van der Waals surface area contributed by atoms with Crippen molar-refractivity contribution in [2.75, 3.05) is 13.1 Å². The fraction of sp³-hybridized carbons (Fsp3) is 0.583. The van der Waals surface area contributed by atoms with Crippen molar-refractivity contribution >= 4 is 29.5 Å². The third-order valence-corrected chi connectivity index (χ3v) is 6.58. The number of nitrogens with zero attached hydrogens (tertiary/aromatic N) is 6. The summed E-state index contributed by atoms with van der Waals surface area (Å²) in [5, 5.41) is 14.7. The van der Waals surface area contributed by atoms with Crippen LogP contribution in [0.3, 0.4) is 0 Å². The van der Waals surface area contributed by atoms with Crippen molar-refractivity contribution in [1.29, 1.82) is 0 Å². The Hall–Kier alpha value is -3.21. The molecule has 2 atom stereocenters. The monoisotopic (exact) mass is 517 g/mol. The lowest BCUT2D eigenvalue weighted by Crippen LogP contribution is -2.56. The van der Waals surface area contributed by atoms with Gasteiger partial charge in [-0.25, -0.2) is 9.48 Å². The number of nitrogens with one attached hydrogen (secondary N) is 1. The van der Waals surface area contributed by atoms with Gasteiger partial charge in [-0.05, 0) is 87.1 Å². The maximum atomic E-state index is 13.6. The molecule has 0 bridgehead atoms. The fourth-order valence-electron chi connectivity index (χ4n) is 4.71. The molecular formula is C24H32ClN7O4. The van der Waals surface area contributed by atoms with Crippen molar-refractivity contribution in [3.63, 3.8) is 0 Å². The summed E-state index contributed by atoms with van der Waals surface area (Å²) in [5.41, 5.74) is 0.779. The molecule has 194 valence electrons. The second kappa shape index (κ2) is 10.8. The number of ether oxygens (including phenoxy) is 1. The number of amides is 3. The van der Waals surface area contributed by atoms with Crippen LogP contribution in [0.2, 0.25) is 5.02 Å². The highest BCUT2D eigenvalue weighted by atomic mass is 35.5. The Morgan fingerprint density at radius 1 is 1.08 bits per heavy atom. The highest BCUT2D eigenvalue weighted by Gasteiger charge is 2.42. The van der Waals surface area contributed by atoms with Crippen LogP contribution in [0.15, 0.2) is 24.5 Å². The van der Waals surface area contributed by atoms with Gasteiger partial charge in [0.05, 0.1) is 5.69 Å². The minimum Gasteiger partial charge on any atom is -0.444 e. The van der Waals surface area contributed by atoms with Crippen LogP contribution < -0.4 is 5.32 Å². The van der Waals surface area contributed by atoms with Gasteiger partial charge in [0.25, 0.3) is 0 Å². The molecule has 4 rings (SSSR count). The average Bonchev–Trinajstić information content (AvgIpc) is 3.53. The largest absolute Gasteiger partial charge is 0.444 e. The highest BCUT2D eigenvalue weighted by Crippen LogP contribution is 2.26. The number of likely N-dealkylation sites (tertiary alicyclic amines) is 2. The first-order valence-corrected chi connectivity index (χ1v) is 12.6. The third kappa shape index (κ3) is 5.95. The molecule has 2 aliphatic rings. The van der Waals surface area contributed by atoms with E-state index in [1.165, 1.54) is 15.9 Å². The summed E-state index contributed by atoms with van der Waals surface area (Å²) in [6.45, 7) is 6.54. The van der Waals surface area contributed by atoms with E-state index in [1.807, 2.05) is 0 Å². The van der Waals surface area contributed by atoms with E-state index in [0.29, 0.717) is 36.6 Å². The van der Waals surface area contributed by atoms with Crippen LogP contribution in [0.4, 0.5) is 4.79 Å². The van der Waals surface area contributed by atoms with Gasteiger partial charge < -0.3 is 15.0 Å². The maximum absolute atomic E-state index is 13.6. The number of tetrazole rings is 1. The summed E-state index contributed by atoms with van der Waals surface area (Å²) in [5.74, 6) is -0.446. The molecule has 0 radical (unpaired) electrons. The number of carbonyl (C=O) groups is 3. The number of hydrogen-bond acceptors (Lipinski definition) is 7. The summed E-state index contributed by atoms with van der Waals surface area (Å²) in [7, 11) is 0. The standard InChI is InChI=1S/C24H32ClN7O4/c1-24(2,3)36-23(35)31-11-5-4-7-20(31)22(34)30-12-6-8-19(30)21(33)26-14-16-13-17(25)9-10-18(16)32-15-27-28-29-32/h9-10,13,15,19-20H,4-8,11-12,14H2,1-3H3,(H,26,33)/t19-,20+/m0/s1. The molecule has 12 heteroatoms. The Balaban J connectivity index is 1.44. The molecule has 1 aromatic heterocycles. The van der Waals surface area contributed by atoms with Crippen LogP contribution in [-0.2, 0) is 20.9 Å². The van der Waals surface area contributed by atoms with Gasteiger partial charge >= 0.3 is 6.09 Å². The molecule has 11 nitrogen and oxygen atoms in total. The molecule has 2 saturated heterocycles. The van der Waals surface area contributed by atoms with Crippen LogP contribution in [0.25, 0.3) is 5.69 Å². The van der Waals surface area contributed by atoms with Crippen molar-refractivity contribution in [2.45, 2.75) is 77.1 Å². The number of benzene rings is 1. The van der Waals surface area contributed by atoms with E-state index in [2.05, 4.69) is 20.8 Å². The Bertz CT molecular complexity index is 1100. The van der Waals surface area contributed by atoms with Gasteiger partial charge in [0.15, 0.2) is 0 Å². The van der Waals surface area contributed by atoms with E-state index < -0.39 is 23.8 Å². The first-order chi connectivity index (χ1) is 17.1. The van der Waals surface area contributed by atoms with Gasteiger partial charge in [-0.15, -0.1) is 5.10 Å². The molecule has 0 unspecified atom stereocenters. The normalized spacial score (nSPS) is 20.3. The quantitative estimate of drug-likeness (QED) is 0.646. The van der Waals surface area contributed by atoms with Crippen molar-refractivity contribution in [2.24, 2.45) is 0 Å². The number of carbonyl (C=O) groups excluding carboxylic acids is 3. The van der Waals surface area contributed by atoms with Gasteiger partial charge in [0, 0.05) is 24.7 Å². The molecule has 1 aromatic carbocycles. The molecule has 2 aliphatic heterocycles. The van der Waals surface area contributed by atoms with Gasteiger partial charge in [-0.1, -0.05) is 11.6 Å². The molecule has 1 N–H and O–H groups in total. The Morgan fingerprint density at radius 3 is 2.56 bits per heavy atom. The van der Waals surface area contributed by atoms with Gasteiger partial charge in [-0.2, -0.15) is 0 Å². The lowest BCUT2D eigenvalue weighted by atomic mass is 10.0. The van der Waals surface area contributed by atoms with E-state index in [1.54, 1.807) is 43.9 Å². The number of hydrogen-bond donors (Lipinski definition) is 1. The third-order valence-electron chi connectivity index (χ3n) is 6.34. The zero-order valence-corrected chi connectivity index (χ0v) is 21.6. The second-order valence-corrected chi connectivity index (χ2v) is 10.6. The molecule has 0 saturated carbocycles. The molecule has 3 amide bonds. The lowest BCUT2D eigenvalue weighted by molar-refractivity contribution is -0.143. The summed E-state index contributed by atoms with van der Waals surface area (Å²) >= 11 is 6.18. The predicted molar refractivity (Wildman–Crippen MR) is 131 cm³/mol. The first kappa shape index (κ1) is 25.9. The second-order valence-electron chi connectivity index (χ2n) is 10.1. The van der Waals surface area contributed by atoms with Crippen molar-refractivity contribution in [3.8, 4) is 5.69 Å². The van der Waals surface area contributed by atoms with Crippen molar-refractivity contribution in [1.82, 2.24) is 35.3 Å². The summed E-state index contributed by atoms with van der Waals surface area (Å²) < 4.78 is 7.04. The smallest absolute Gasteiger partial charge is 0.410 e. The van der Waals surface area contributed by atoms with Crippen molar-refractivity contribution < 1.29 is 19.1 Å². The Morgan fingerprint density at radius 2 is 1.83 bits per heavy atom. The summed E-state index contributed by atoms with van der Waals surface area (Å²) in [4.78, 5) is 42.7. The SMILES string of the molecule is CC(C)(C)OC(=O)N1CCCC[C@@H]1C(=O)N1CCC[C@H]1C(=O)NCc1cc(Cl)ccc1-n1cnnn1. The summed E-state index contributed by atoms with van der Waals surface area (Å²) in [6, 6.07) is 4.02. The molecular weight excluding hydrogens is 486 g/mol. The minimum atomic E-state index is -0.653. The Kier molecular flexibility index (Phi) is 7.77. The number of aromatic nitrogens is 4. The maximum Gasteiger partial charge on any atom is 0.410 e. The fourth-order valence-corrected chi connectivity index (χ4v) is 4.91. The molecule has 2 aromatic rings. The van der Waals surface area contributed by atoms with E-state index in [0.717, 1.165) is 24.8 Å². The number of rotatable bonds is 5. The molecule has 36 heavy (non-hydrogen) atoms. The van der Waals surface area contributed by atoms with E-state index in [-0.39, 0.29) is 18.4 Å². The average molecular weight is 518 g/mol. The minimum absolute atomic E-state index is 0.195. The van der Waals surface area contributed by atoms with Gasteiger partial charge in [0.2, 0.25) is 11.8 Å². The van der Waals surface area contributed by atoms with Crippen LogP contribution in [-0.4, -0.2) is 78.7 Å². The van der Waals surface area contributed by atoms with Gasteiger partial charge in [0.1, 0.15) is 24.0 Å². The molecule has 0 spiro atoms. The first-order valence-electron chi connectivity index (χ1n) is 12.2. The topological polar surface area (TPSA) is 123 Å². The van der Waals surface area contributed by atoms with Gasteiger partial charge in [-0.3, -0.25) is 14.5 Å². The van der Waals surface area contributed by atoms with Crippen LogP contribution in [0, 0.1) is 0 Å². The molecule has 0 aliphatic carbocycles. The number of halogens is 1. The van der Waals surface area contributed by atoms with Crippen LogP contribution >= 0.6 is 11.6 Å². The van der Waals surface area contributed by atoms with Crippen molar-refractivity contribution in [3.05, 3.63) is 35.1 Å². The van der Waals surface area contributed by atoms with Crippen LogP contribution in [0.5, 0.6) is 0 Å². The van der Waals surface area contributed by atoms with E-state index in [4.69, 9.17) is 16.3 Å². The zero-order chi connectivity index (χ0) is 25.9. The predicted octanol–water partition coefficient (Wildman–Crippen LogP) is 2.71. The number of piperidine rings is 1. The van der Waals surface area contributed by atoms with E-state index in [9.17, 15) is 14.4 Å². The van der Waals surface area contributed by atoms with E-state index >= 15 is 0 Å². The molecule has 3 heterocycles. The molecule has 2 fully saturated rings. The highest BCUT2D eigenvalue weighted by molar-refractivity contribution is 6.30. The van der Waals surface area contributed by atoms with Crippen LogP contribution in [0.1, 0.15) is 58.4 Å². The summed E-state index contributed by atoms with van der Waals surface area (Å²) in [6.07, 6.45) is 4.47. The Labute approximate surface area is 215 Å².